The number of thiophene rings is 1. The number of β-lactam (4-membered cyclic amide) rings is 1. The summed E-state index contributed by atoms with van der Waals surface area (Å²) in [5.74, 6) is -0.308. The molecular formula is C24H26N4O6S2. The van der Waals surface area contributed by atoms with Crippen LogP contribution < -0.4 is 5.32 Å². The largest absolute Gasteiger partial charge is 0.459 e. The number of nitro groups is 1. The fourth-order valence-corrected chi connectivity index (χ4v) is 7.22. The van der Waals surface area contributed by atoms with Crippen LogP contribution in [-0.4, -0.2) is 74.8 Å². The highest BCUT2D eigenvalue weighted by molar-refractivity contribution is 8.00. The average molecular weight is 531 g/mol. The first-order valence-electron chi connectivity index (χ1n) is 11.8. The minimum absolute atomic E-state index is 0.00411. The lowest BCUT2D eigenvalue weighted by Crippen LogP contribution is -2.77. The van der Waals surface area contributed by atoms with E-state index in [2.05, 4.69) is 10.2 Å². The smallest absolute Gasteiger partial charge is 0.329 e. The predicted octanol–water partition coefficient (Wildman–Crippen LogP) is 2.18. The highest BCUT2D eigenvalue weighted by Crippen LogP contribution is 2.42. The zero-order chi connectivity index (χ0) is 25.3. The van der Waals surface area contributed by atoms with Crippen LogP contribution in [0.5, 0.6) is 0 Å². The van der Waals surface area contributed by atoms with Crippen LogP contribution in [0.25, 0.3) is 0 Å². The van der Waals surface area contributed by atoms with Crippen LogP contribution in [0.1, 0.15) is 23.3 Å². The van der Waals surface area contributed by atoms with Gasteiger partial charge in [-0.15, -0.1) is 23.1 Å². The van der Waals surface area contributed by atoms with Gasteiger partial charge in [0.1, 0.15) is 23.6 Å². The van der Waals surface area contributed by atoms with E-state index in [1.807, 2.05) is 17.5 Å². The van der Waals surface area contributed by atoms with Crippen LogP contribution in [0.3, 0.4) is 0 Å². The van der Waals surface area contributed by atoms with E-state index in [1.165, 1.54) is 35.2 Å². The molecule has 0 radical (unpaired) electrons. The number of non-ortho nitro benzene ring substituents is 1. The Morgan fingerprint density at radius 2 is 1.94 bits per heavy atom. The molecule has 1 N–H and O–H groups in total. The van der Waals surface area contributed by atoms with E-state index in [1.54, 1.807) is 17.0 Å². The normalized spacial score (nSPS) is 25.7. The number of rotatable bonds is 8. The summed E-state index contributed by atoms with van der Waals surface area (Å²) in [6.07, 6.45) is 2.19. The van der Waals surface area contributed by atoms with Crippen molar-refractivity contribution in [3.63, 3.8) is 0 Å². The van der Waals surface area contributed by atoms with Gasteiger partial charge in [0.2, 0.25) is 11.8 Å². The van der Waals surface area contributed by atoms with E-state index in [0.29, 0.717) is 11.3 Å². The number of carbonyl (C=O) groups excluding carboxylic acids is 3. The number of carbonyl (C=O) groups is 3. The first-order valence-corrected chi connectivity index (χ1v) is 13.7. The van der Waals surface area contributed by atoms with E-state index in [4.69, 9.17) is 4.74 Å². The number of hydrogen-bond acceptors (Lipinski definition) is 9. The Labute approximate surface area is 216 Å². The standard InChI is InChI=1S/C24H26N4O6S2/c29-19(12-18-4-3-11-35-18)25-20-21(30)27-14-24(15-36-22(20)27,26-9-1-2-10-26)23(31)34-13-16-5-7-17(8-6-16)28(32)33/h3-8,11,20,22H,1-2,9-10,12-15H2,(H,25,29)/t20?,22-,24?/m1/s1. The maximum atomic E-state index is 13.5. The van der Waals surface area contributed by atoms with Crippen LogP contribution in [-0.2, 0) is 32.1 Å². The van der Waals surface area contributed by atoms with Crippen molar-refractivity contribution in [1.29, 1.82) is 0 Å². The highest BCUT2D eigenvalue weighted by atomic mass is 32.2. The number of esters is 1. The molecule has 5 rings (SSSR count). The number of amides is 2. The summed E-state index contributed by atoms with van der Waals surface area (Å²) in [4.78, 5) is 54.1. The van der Waals surface area contributed by atoms with Crippen LogP contribution in [0.15, 0.2) is 41.8 Å². The number of nitrogens with zero attached hydrogens (tertiary/aromatic N) is 3. The molecule has 2 aromatic rings. The number of ether oxygens (including phenoxy) is 1. The first-order chi connectivity index (χ1) is 17.4. The summed E-state index contributed by atoms with van der Waals surface area (Å²) >= 11 is 3.00. The van der Waals surface area contributed by atoms with Crippen molar-refractivity contribution in [3.05, 3.63) is 62.3 Å². The van der Waals surface area contributed by atoms with Crippen LogP contribution in [0, 0.1) is 10.1 Å². The summed E-state index contributed by atoms with van der Waals surface area (Å²) in [6, 6.07) is 9.10. The van der Waals surface area contributed by atoms with Crippen LogP contribution in [0.2, 0.25) is 0 Å². The average Bonchev–Trinajstić information content (AvgIpc) is 3.60. The Bertz CT molecular complexity index is 1150. The Morgan fingerprint density at radius 1 is 1.19 bits per heavy atom. The maximum Gasteiger partial charge on any atom is 0.329 e. The summed E-state index contributed by atoms with van der Waals surface area (Å²) in [7, 11) is 0. The molecule has 190 valence electrons. The summed E-state index contributed by atoms with van der Waals surface area (Å²) in [6.45, 7) is 1.72. The Balaban J connectivity index is 1.24. The molecule has 3 aliphatic rings. The van der Waals surface area contributed by atoms with Gasteiger partial charge in [-0.2, -0.15) is 0 Å². The fraction of sp³-hybridized carbons (Fsp3) is 0.458. The van der Waals surface area contributed by atoms with Gasteiger partial charge in [-0.05, 0) is 55.1 Å². The summed E-state index contributed by atoms with van der Waals surface area (Å²) in [5.41, 5.74) is -0.331. The molecule has 0 spiro atoms. The van der Waals surface area contributed by atoms with Crippen molar-refractivity contribution in [1.82, 2.24) is 15.1 Å². The molecule has 0 aliphatic carbocycles. The van der Waals surface area contributed by atoms with E-state index in [0.717, 1.165) is 30.8 Å². The minimum atomic E-state index is -0.958. The van der Waals surface area contributed by atoms with Gasteiger partial charge in [0, 0.05) is 22.8 Å². The number of nitro benzene ring substituents is 1. The molecule has 0 bridgehead atoms. The number of fused-ring (bicyclic) bond motifs is 1. The molecule has 2 unspecified atom stereocenters. The van der Waals surface area contributed by atoms with Gasteiger partial charge in [-0.25, -0.2) is 4.79 Å². The fourth-order valence-electron chi connectivity index (χ4n) is 4.94. The maximum absolute atomic E-state index is 13.5. The zero-order valence-corrected chi connectivity index (χ0v) is 21.1. The van der Waals surface area contributed by atoms with Gasteiger partial charge < -0.3 is 15.0 Å². The molecule has 2 amide bonds. The van der Waals surface area contributed by atoms with Crippen molar-refractivity contribution in [3.8, 4) is 0 Å². The Kier molecular flexibility index (Phi) is 7.00. The van der Waals surface area contributed by atoms with Gasteiger partial charge in [0.15, 0.2) is 0 Å². The molecule has 36 heavy (non-hydrogen) atoms. The molecule has 10 nitrogen and oxygen atoms in total. The van der Waals surface area contributed by atoms with Gasteiger partial charge in [-0.1, -0.05) is 6.07 Å². The first kappa shape index (κ1) is 24.7. The van der Waals surface area contributed by atoms with Crippen molar-refractivity contribution < 1.29 is 24.0 Å². The molecule has 1 aromatic heterocycles. The third kappa shape index (κ3) is 4.72. The van der Waals surface area contributed by atoms with Gasteiger partial charge >= 0.3 is 5.97 Å². The number of thioether (sulfide) groups is 1. The second-order valence-electron chi connectivity index (χ2n) is 9.19. The van der Waals surface area contributed by atoms with Crippen molar-refractivity contribution in [2.75, 3.05) is 25.4 Å². The number of benzene rings is 1. The molecule has 12 heteroatoms. The van der Waals surface area contributed by atoms with Crippen LogP contribution in [0.4, 0.5) is 5.69 Å². The van der Waals surface area contributed by atoms with Crippen LogP contribution >= 0.6 is 23.1 Å². The van der Waals surface area contributed by atoms with E-state index in [9.17, 15) is 24.5 Å². The van der Waals surface area contributed by atoms with E-state index >= 15 is 0 Å². The Hall–Kier alpha value is -2.96. The quantitative estimate of drug-likeness (QED) is 0.239. The molecule has 3 aliphatic heterocycles. The lowest BCUT2D eigenvalue weighted by molar-refractivity contribution is -0.384. The SMILES string of the molecule is O=C(Cc1cccs1)NC1C(=O)N2CC(C(=O)OCc3ccc([N+](=O)[O-])cc3)(N3CCCC3)CS[C@H]12. The minimum Gasteiger partial charge on any atom is -0.459 e. The Morgan fingerprint density at radius 3 is 2.61 bits per heavy atom. The molecule has 3 fully saturated rings. The van der Waals surface area contributed by atoms with Crippen molar-refractivity contribution >= 4 is 46.6 Å². The monoisotopic (exact) mass is 530 g/mol. The second kappa shape index (κ2) is 10.2. The highest BCUT2D eigenvalue weighted by Gasteiger charge is 2.60. The molecular weight excluding hydrogens is 504 g/mol. The zero-order valence-electron chi connectivity index (χ0n) is 19.5. The molecule has 3 atom stereocenters. The van der Waals surface area contributed by atoms with Crippen molar-refractivity contribution in [2.45, 2.75) is 42.8 Å². The third-order valence-electron chi connectivity index (χ3n) is 6.91. The molecule has 4 heterocycles. The summed E-state index contributed by atoms with van der Waals surface area (Å²) in [5, 5.41) is 15.4. The third-order valence-corrected chi connectivity index (χ3v) is 9.29. The summed E-state index contributed by atoms with van der Waals surface area (Å²) < 4.78 is 5.71. The number of likely N-dealkylation sites (tertiary alicyclic amines) is 1. The number of hydrogen-bond donors (Lipinski definition) is 1. The van der Waals surface area contributed by atoms with Gasteiger partial charge in [0.05, 0.1) is 17.9 Å². The molecule has 1 aromatic carbocycles. The van der Waals surface area contributed by atoms with E-state index in [-0.39, 0.29) is 42.4 Å². The lowest BCUT2D eigenvalue weighted by Gasteiger charge is -2.56. The second-order valence-corrected chi connectivity index (χ2v) is 11.3. The lowest BCUT2D eigenvalue weighted by atomic mass is 9.94. The molecule has 0 saturated carbocycles. The van der Waals surface area contributed by atoms with E-state index < -0.39 is 22.5 Å². The predicted molar refractivity (Wildman–Crippen MR) is 134 cm³/mol. The topological polar surface area (TPSA) is 122 Å². The molecule has 3 saturated heterocycles. The number of nitrogens with one attached hydrogen (secondary N) is 1. The van der Waals surface area contributed by atoms with Gasteiger partial charge in [0.25, 0.3) is 5.69 Å². The van der Waals surface area contributed by atoms with Crippen molar-refractivity contribution in [2.24, 2.45) is 0 Å². The van der Waals surface area contributed by atoms with Gasteiger partial charge in [-0.3, -0.25) is 24.6 Å².